The zero-order valence-electron chi connectivity index (χ0n) is 12.8. The van der Waals surface area contributed by atoms with E-state index in [1.807, 2.05) is 6.07 Å². The SMILES string of the molecule is N#Cc1ccc(S(=O)(=O)Nc2ccc(Oc3ncccn3)cc2)cc1. The number of nitriles is 1. The first-order chi connectivity index (χ1) is 12.1. The molecule has 0 aliphatic rings. The lowest BCUT2D eigenvalue weighted by atomic mass is 10.2. The fraction of sp³-hybridized carbons (Fsp3) is 0. The second-order valence-electron chi connectivity index (χ2n) is 4.90. The monoisotopic (exact) mass is 352 g/mol. The van der Waals surface area contributed by atoms with E-state index in [0.717, 1.165) is 0 Å². The van der Waals surface area contributed by atoms with Crippen molar-refractivity contribution < 1.29 is 13.2 Å². The summed E-state index contributed by atoms with van der Waals surface area (Å²) in [5.74, 6) is 0.479. The molecule has 0 aliphatic carbocycles. The molecular weight excluding hydrogens is 340 g/mol. The van der Waals surface area contributed by atoms with Crippen molar-refractivity contribution in [2.75, 3.05) is 4.72 Å². The predicted octanol–water partition coefficient (Wildman–Crippen LogP) is 2.94. The zero-order valence-corrected chi connectivity index (χ0v) is 13.6. The van der Waals surface area contributed by atoms with Crippen LogP contribution in [0.2, 0.25) is 0 Å². The third-order valence-electron chi connectivity index (χ3n) is 3.15. The molecule has 25 heavy (non-hydrogen) atoms. The van der Waals surface area contributed by atoms with Crippen molar-refractivity contribution in [3.05, 3.63) is 72.6 Å². The smallest absolute Gasteiger partial charge is 0.321 e. The minimum atomic E-state index is -3.73. The lowest BCUT2D eigenvalue weighted by Crippen LogP contribution is -2.12. The van der Waals surface area contributed by atoms with Crippen LogP contribution in [0.25, 0.3) is 0 Å². The highest BCUT2D eigenvalue weighted by atomic mass is 32.2. The number of ether oxygens (including phenoxy) is 1. The number of nitrogens with one attached hydrogen (secondary N) is 1. The fourth-order valence-electron chi connectivity index (χ4n) is 1.96. The zero-order chi connectivity index (χ0) is 17.7. The number of benzene rings is 2. The summed E-state index contributed by atoms with van der Waals surface area (Å²) in [4.78, 5) is 7.96. The molecule has 124 valence electrons. The third-order valence-corrected chi connectivity index (χ3v) is 4.55. The maximum Gasteiger partial charge on any atom is 0.321 e. The van der Waals surface area contributed by atoms with Crippen LogP contribution in [0.15, 0.2) is 71.9 Å². The molecule has 0 atom stereocenters. The van der Waals surface area contributed by atoms with Crippen LogP contribution in [0, 0.1) is 11.3 Å². The first-order valence-corrected chi connectivity index (χ1v) is 8.63. The van der Waals surface area contributed by atoms with Gasteiger partial charge in [-0.05, 0) is 54.6 Å². The first kappa shape index (κ1) is 16.4. The van der Waals surface area contributed by atoms with Gasteiger partial charge >= 0.3 is 6.01 Å². The van der Waals surface area contributed by atoms with Crippen molar-refractivity contribution in [3.8, 4) is 17.8 Å². The Hall–Kier alpha value is -3.44. The maximum absolute atomic E-state index is 12.3. The van der Waals surface area contributed by atoms with E-state index in [0.29, 0.717) is 17.0 Å². The van der Waals surface area contributed by atoms with Crippen molar-refractivity contribution in [3.63, 3.8) is 0 Å². The van der Waals surface area contributed by atoms with Gasteiger partial charge in [0.2, 0.25) is 0 Å². The predicted molar refractivity (Wildman–Crippen MR) is 90.5 cm³/mol. The van der Waals surface area contributed by atoms with E-state index in [4.69, 9.17) is 10.00 Å². The van der Waals surface area contributed by atoms with Crippen LogP contribution in [0.3, 0.4) is 0 Å². The van der Waals surface area contributed by atoms with E-state index < -0.39 is 10.0 Å². The van der Waals surface area contributed by atoms with Crippen LogP contribution < -0.4 is 9.46 Å². The first-order valence-electron chi connectivity index (χ1n) is 7.15. The summed E-state index contributed by atoms with van der Waals surface area (Å²) in [5.41, 5.74) is 0.772. The van der Waals surface area contributed by atoms with Gasteiger partial charge in [-0.25, -0.2) is 18.4 Å². The number of sulfonamides is 1. The summed E-state index contributed by atoms with van der Waals surface area (Å²) < 4.78 is 32.6. The van der Waals surface area contributed by atoms with Crippen LogP contribution in [0.1, 0.15) is 5.56 Å². The quantitative estimate of drug-likeness (QED) is 0.757. The van der Waals surface area contributed by atoms with E-state index in [2.05, 4.69) is 14.7 Å². The molecule has 3 aromatic rings. The Labute approximate surface area is 144 Å². The van der Waals surface area contributed by atoms with Crippen LogP contribution in [-0.2, 0) is 10.0 Å². The third kappa shape index (κ3) is 4.10. The normalized spacial score (nSPS) is 10.7. The molecular formula is C17H12N4O3S. The number of anilines is 1. The summed E-state index contributed by atoms with van der Waals surface area (Å²) in [6, 6.07) is 15.8. The molecule has 0 unspecified atom stereocenters. The van der Waals surface area contributed by atoms with Gasteiger partial charge in [-0.3, -0.25) is 4.72 Å². The number of hydrogen-bond acceptors (Lipinski definition) is 6. The molecule has 0 saturated heterocycles. The molecule has 1 aromatic heterocycles. The Morgan fingerprint density at radius 3 is 2.20 bits per heavy atom. The second-order valence-corrected chi connectivity index (χ2v) is 6.58. The van der Waals surface area contributed by atoms with E-state index in [9.17, 15) is 8.42 Å². The highest BCUT2D eigenvalue weighted by Gasteiger charge is 2.14. The lowest BCUT2D eigenvalue weighted by molar-refractivity contribution is 0.442. The standard InChI is InChI=1S/C17H12N4O3S/c18-12-13-2-8-16(9-3-13)25(22,23)21-14-4-6-15(7-5-14)24-17-19-10-1-11-20-17/h1-11,21H. The van der Waals surface area contributed by atoms with E-state index in [1.54, 1.807) is 42.7 Å². The van der Waals surface area contributed by atoms with E-state index in [-0.39, 0.29) is 10.9 Å². The number of rotatable bonds is 5. The number of aromatic nitrogens is 2. The molecule has 1 heterocycles. The maximum atomic E-state index is 12.3. The van der Waals surface area contributed by atoms with Gasteiger partial charge in [-0.15, -0.1) is 0 Å². The van der Waals surface area contributed by atoms with Crippen molar-refractivity contribution in [1.82, 2.24) is 9.97 Å². The highest BCUT2D eigenvalue weighted by molar-refractivity contribution is 7.92. The molecule has 0 bridgehead atoms. The van der Waals surface area contributed by atoms with E-state index in [1.165, 1.54) is 24.3 Å². The van der Waals surface area contributed by atoms with Crippen molar-refractivity contribution in [1.29, 1.82) is 5.26 Å². The molecule has 1 N–H and O–H groups in total. The molecule has 0 fully saturated rings. The number of nitrogens with zero attached hydrogens (tertiary/aromatic N) is 3. The Balaban J connectivity index is 1.73. The summed E-state index contributed by atoms with van der Waals surface area (Å²) >= 11 is 0. The Morgan fingerprint density at radius 2 is 1.60 bits per heavy atom. The molecule has 0 saturated carbocycles. The van der Waals surface area contributed by atoms with Crippen molar-refractivity contribution in [2.24, 2.45) is 0 Å². The van der Waals surface area contributed by atoms with Gasteiger partial charge in [0.1, 0.15) is 5.75 Å². The average molecular weight is 352 g/mol. The summed E-state index contributed by atoms with van der Waals surface area (Å²) in [6.45, 7) is 0. The average Bonchev–Trinajstić information content (AvgIpc) is 2.64. The molecule has 0 amide bonds. The van der Waals surface area contributed by atoms with Crippen LogP contribution in [0.5, 0.6) is 11.8 Å². The Bertz CT molecular complexity index is 997. The van der Waals surface area contributed by atoms with Crippen LogP contribution in [0.4, 0.5) is 5.69 Å². The minimum absolute atomic E-state index is 0.0736. The van der Waals surface area contributed by atoms with E-state index >= 15 is 0 Å². The number of hydrogen-bond donors (Lipinski definition) is 1. The second kappa shape index (κ2) is 6.98. The summed E-state index contributed by atoms with van der Waals surface area (Å²) in [7, 11) is -3.73. The Morgan fingerprint density at radius 1 is 0.960 bits per heavy atom. The molecule has 2 aromatic carbocycles. The molecule has 0 spiro atoms. The largest absolute Gasteiger partial charge is 0.424 e. The van der Waals surface area contributed by atoms with Gasteiger partial charge in [-0.1, -0.05) is 0 Å². The highest BCUT2D eigenvalue weighted by Crippen LogP contribution is 2.22. The Kier molecular flexibility index (Phi) is 4.59. The van der Waals surface area contributed by atoms with Gasteiger partial charge in [0, 0.05) is 18.1 Å². The topological polar surface area (TPSA) is 105 Å². The molecule has 7 nitrogen and oxygen atoms in total. The molecule has 8 heteroatoms. The van der Waals surface area contributed by atoms with Crippen molar-refractivity contribution >= 4 is 15.7 Å². The summed E-state index contributed by atoms with van der Waals surface area (Å²) in [6.07, 6.45) is 3.12. The fourth-order valence-corrected chi connectivity index (χ4v) is 3.02. The van der Waals surface area contributed by atoms with Crippen LogP contribution >= 0.6 is 0 Å². The van der Waals surface area contributed by atoms with Gasteiger partial charge in [-0.2, -0.15) is 5.26 Å². The van der Waals surface area contributed by atoms with Gasteiger partial charge < -0.3 is 4.74 Å². The lowest BCUT2D eigenvalue weighted by Gasteiger charge is -2.09. The van der Waals surface area contributed by atoms with Gasteiger partial charge in [0.15, 0.2) is 0 Å². The van der Waals surface area contributed by atoms with Crippen molar-refractivity contribution in [2.45, 2.75) is 4.90 Å². The van der Waals surface area contributed by atoms with Gasteiger partial charge in [0.05, 0.1) is 16.5 Å². The minimum Gasteiger partial charge on any atom is -0.424 e. The summed E-state index contributed by atoms with van der Waals surface area (Å²) in [5, 5.41) is 8.76. The molecule has 0 aliphatic heterocycles. The van der Waals surface area contributed by atoms with Crippen LogP contribution in [-0.4, -0.2) is 18.4 Å². The molecule has 0 radical (unpaired) electrons. The molecule has 3 rings (SSSR count). The van der Waals surface area contributed by atoms with Gasteiger partial charge in [0.25, 0.3) is 10.0 Å².